The van der Waals surface area contributed by atoms with Gasteiger partial charge >= 0.3 is 0 Å². The minimum atomic E-state index is -0.898. The van der Waals surface area contributed by atoms with Gasteiger partial charge in [0.15, 0.2) is 17.2 Å². The second-order valence-electron chi connectivity index (χ2n) is 12.4. The number of halogens is 2. The monoisotopic (exact) mass is 584 g/mol. The van der Waals surface area contributed by atoms with Gasteiger partial charge in [0, 0.05) is 62.9 Å². The van der Waals surface area contributed by atoms with Crippen molar-refractivity contribution in [2.45, 2.75) is 64.2 Å². The lowest BCUT2D eigenvalue weighted by molar-refractivity contribution is -0.113. The molecular weight excluding hydrogens is 546 g/mol. The number of aromatic nitrogens is 1. The zero-order valence-corrected chi connectivity index (χ0v) is 24.0. The van der Waals surface area contributed by atoms with Crippen molar-refractivity contribution in [1.29, 1.82) is 0 Å². The summed E-state index contributed by atoms with van der Waals surface area (Å²) in [7, 11) is 0. The van der Waals surface area contributed by atoms with Crippen LogP contribution in [-0.4, -0.2) is 94.2 Å². The van der Waals surface area contributed by atoms with Crippen molar-refractivity contribution >= 4 is 11.7 Å². The van der Waals surface area contributed by atoms with Gasteiger partial charge < -0.3 is 19.3 Å². The number of hydrogen-bond acceptors (Lipinski definition) is 7. The average Bonchev–Trinajstić information content (AvgIpc) is 2.97. The van der Waals surface area contributed by atoms with Crippen LogP contribution in [-0.2, 0) is 17.7 Å². The Balaban J connectivity index is 1.29. The van der Waals surface area contributed by atoms with Gasteiger partial charge in [0.1, 0.15) is 17.8 Å². The lowest BCUT2D eigenvalue weighted by Crippen LogP contribution is -2.71. The molecule has 0 unspecified atom stereocenters. The van der Waals surface area contributed by atoms with Crippen LogP contribution in [0.3, 0.4) is 0 Å². The third-order valence-electron chi connectivity index (χ3n) is 9.72. The van der Waals surface area contributed by atoms with Crippen molar-refractivity contribution in [2.75, 3.05) is 45.9 Å². The van der Waals surface area contributed by atoms with Crippen LogP contribution in [0.1, 0.15) is 65.4 Å². The number of morpholine rings is 1. The number of amides is 1. The quantitative estimate of drug-likeness (QED) is 0.500. The number of rotatable bonds is 7. The Bertz CT molecular complexity index is 1440. The first kappa shape index (κ1) is 28.9. The maximum Gasteiger partial charge on any atom is 0.276 e. The molecule has 9 nitrogen and oxygen atoms in total. The van der Waals surface area contributed by atoms with Gasteiger partial charge in [0.05, 0.1) is 25.3 Å². The molecule has 1 aromatic heterocycles. The lowest BCUT2D eigenvalue weighted by atomic mass is 9.68. The molecule has 1 aliphatic carbocycles. The van der Waals surface area contributed by atoms with E-state index in [4.69, 9.17) is 4.74 Å². The number of pyridine rings is 1. The number of Topliss-reactive ketones (excluding diaryl/α,β-unsaturated/α-hetero) is 1. The maximum atomic E-state index is 14.1. The number of aromatic hydroxyl groups is 1. The van der Waals surface area contributed by atoms with Crippen LogP contribution in [0.2, 0.25) is 0 Å². The van der Waals surface area contributed by atoms with E-state index in [0.29, 0.717) is 19.8 Å². The molecule has 11 heteroatoms. The summed E-state index contributed by atoms with van der Waals surface area (Å²) in [6.45, 7) is 8.15. The molecule has 4 aliphatic rings. The molecule has 3 fully saturated rings. The third kappa shape index (κ3) is 5.26. The first-order chi connectivity index (χ1) is 20.2. The highest BCUT2D eigenvalue weighted by Crippen LogP contribution is 2.46. The molecule has 0 radical (unpaired) electrons. The van der Waals surface area contributed by atoms with Crippen molar-refractivity contribution in [1.82, 2.24) is 19.3 Å². The van der Waals surface area contributed by atoms with E-state index in [-0.39, 0.29) is 53.2 Å². The number of ether oxygens (including phenoxy) is 1. The van der Waals surface area contributed by atoms with Gasteiger partial charge in [-0.2, -0.15) is 0 Å². The Morgan fingerprint density at radius 1 is 1.14 bits per heavy atom. The van der Waals surface area contributed by atoms with E-state index in [1.165, 1.54) is 12.3 Å². The Kier molecular flexibility index (Phi) is 7.93. The van der Waals surface area contributed by atoms with Crippen LogP contribution in [0.5, 0.6) is 5.75 Å². The van der Waals surface area contributed by atoms with Crippen molar-refractivity contribution in [3.05, 3.63) is 63.1 Å². The minimum absolute atomic E-state index is 0.00134. The molecule has 2 saturated heterocycles. The van der Waals surface area contributed by atoms with E-state index < -0.39 is 28.6 Å². The standard InChI is InChI=1S/C31H38F2N4O5/c1-31-9-3-2-4-25(31)37-26(35(19-31)11-10-34-12-14-42-15-13-34)18-36-17-22(28(39)29(40)27(36)30(37)41)24(38)8-6-20-5-7-21(32)16-23(20)33/h5,7,16-17,25-26,40H,2-4,6,8-15,18-19H2,1H3/t25-,26-,31-/m0/s1. The van der Waals surface area contributed by atoms with Gasteiger partial charge in [-0.25, -0.2) is 8.78 Å². The first-order valence-electron chi connectivity index (χ1n) is 15.0. The van der Waals surface area contributed by atoms with Gasteiger partial charge in [-0.3, -0.25) is 24.2 Å². The molecule has 0 bridgehead atoms. The highest BCUT2D eigenvalue weighted by molar-refractivity contribution is 6.00. The summed E-state index contributed by atoms with van der Waals surface area (Å²) in [5, 5.41) is 11.0. The van der Waals surface area contributed by atoms with E-state index in [1.807, 2.05) is 4.90 Å². The maximum absolute atomic E-state index is 14.1. The van der Waals surface area contributed by atoms with E-state index >= 15 is 0 Å². The summed E-state index contributed by atoms with van der Waals surface area (Å²) in [5.74, 6) is -3.16. The number of hydrogen-bond donors (Lipinski definition) is 1. The molecule has 226 valence electrons. The molecule has 4 heterocycles. The Hall–Kier alpha value is -3.15. The fourth-order valence-electron chi connectivity index (χ4n) is 7.42. The fraction of sp³-hybridized carbons (Fsp3) is 0.581. The molecule has 0 spiro atoms. The van der Waals surface area contributed by atoms with Crippen molar-refractivity contribution in [3.8, 4) is 5.75 Å². The zero-order valence-electron chi connectivity index (χ0n) is 24.0. The van der Waals surface area contributed by atoms with Crippen molar-refractivity contribution in [3.63, 3.8) is 0 Å². The van der Waals surface area contributed by atoms with Crippen LogP contribution < -0.4 is 5.43 Å². The molecular formula is C31H38F2N4O5. The van der Waals surface area contributed by atoms with Gasteiger partial charge in [-0.05, 0) is 30.9 Å². The van der Waals surface area contributed by atoms with Crippen LogP contribution in [0.15, 0.2) is 29.2 Å². The first-order valence-corrected chi connectivity index (χ1v) is 15.0. The van der Waals surface area contributed by atoms with Gasteiger partial charge in [0.2, 0.25) is 5.43 Å². The third-order valence-corrected chi connectivity index (χ3v) is 9.72. The predicted octanol–water partition coefficient (Wildman–Crippen LogP) is 3.03. The number of carbonyl (C=O) groups is 2. The summed E-state index contributed by atoms with van der Waals surface area (Å²) in [4.78, 5) is 47.1. The molecule has 2 aromatic rings. The molecule has 1 saturated carbocycles. The molecule has 1 amide bonds. The number of aryl methyl sites for hydroxylation is 1. The summed E-state index contributed by atoms with van der Waals surface area (Å²) in [6.07, 6.45) is 4.87. The summed E-state index contributed by atoms with van der Waals surface area (Å²) in [6, 6.07) is 3.14. The number of benzene rings is 1. The highest BCUT2D eigenvalue weighted by atomic mass is 19.1. The molecule has 1 aromatic carbocycles. The fourth-order valence-corrected chi connectivity index (χ4v) is 7.42. The number of fused-ring (bicyclic) bond motifs is 4. The second kappa shape index (κ2) is 11.5. The molecule has 6 rings (SSSR count). The van der Waals surface area contributed by atoms with Gasteiger partial charge in [0.25, 0.3) is 5.91 Å². The summed E-state index contributed by atoms with van der Waals surface area (Å²) >= 11 is 0. The van der Waals surface area contributed by atoms with E-state index in [1.54, 1.807) is 4.57 Å². The van der Waals surface area contributed by atoms with E-state index in [9.17, 15) is 28.3 Å². The normalized spacial score (nSPS) is 26.5. The molecule has 1 N–H and O–H groups in total. The minimum Gasteiger partial charge on any atom is -0.503 e. The van der Waals surface area contributed by atoms with Crippen LogP contribution in [0, 0.1) is 17.0 Å². The second-order valence-corrected chi connectivity index (χ2v) is 12.4. The Labute approximate surface area is 243 Å². The van der Waals surface area contributed by atoms with E-state index in [0.717, 1.165) is 70.5 Å². The Morgan fingerprint density at radius 2 is 1.93 bits per heavy atom. The average molecular weight is 585 g/mol. The topological polar surface area (TPSA) is 95.3 Å². The van der Waals surface area contributed by atoms with Crippen molar-refractivity contribution in [2.24, 2.45) is 5.41 Å². The predicted molar refractivity (Wildman–Crippen MR) is 151 cm³/mol. The summed E-state index contributed by atoms with van der Waals surface area (Å²) < 4.78 is 34.5. The smallest absolute Gasteiger partial charge is 0.276 e. The number of carbonyl (C=O) groups excluding carboxylic acids is 2. The molecule has 3 aliphatic heterocycles. The molecule has 42 heavy (non-hydrogen) atoms. The number of nitrogens with zero attached hydrogens (tertiary/aromatic N) is 4. The largest absolute Gasteiger partial charge is 0.503 e. The van der Waals surface area contributed by atoms with Crippen LogP contribution >= 0.6 is 0 Å². The van der Waals surface area contributed by atoms with Gasteiger partial charge in [-0.15, -0.1) is 0 Å². The summed E-state index contributed by atoms with van der Waals surface area (Å²) in [5.41, 5.74) is -1.16. The number of ketones is 1. The lowest BCUT2D eigenvalue weighted by Gasteiger charge is -2.60. The van der Waals surface area contributed by atoms with Crippen LogP contribution in [0.25, 0.3) is 0 Å². The van der Waals surface area contributed by atoms with Crippen molar-refractivity contribution < 1.29 is 28.2 Å². The Morgan fingerprint density at radius 3 is 2.69 bits per heavy atom. The van der Waals surface area contributed by atoms with Gasteiger partial charge in [-0.1, -0.05) is 25.8 Å². The van der Waals surface area contributed by atoms with Crippen LogP contribution in [0.4, 0.5) is 8.78 Å². The SMILES string of the molecule is C[C@@]12CCCC[C@@H]1N1C(=O)c3c(O)c(=O)c(C(=O)CCc4ccc(F)cc4F)cn3C[C@H]1N(CCN1CCOCC1)C2. The van der Waals surface area contributed by atoms with E-state index in [2.05, 4.69) is 16.7 Å². The highest BCUT2D eigenvalue weighted by Gasteiger charge is 2.53. The zero-order chi connectivity index (χ0) is 29.6. The molecule has 3 atom stereocenters.